The van der Waals surface area contributed by atoms with Gasteiger partial charge in [-0.15, -0.1) is 24.0 Å². The summed E-state index contributed by atoms with van der Waals surface area (Å²) in [6, 6.07) is 5.91. The molecule has 0 aromatic heterocycles. The molecular formula is C16H26IN3O2. The van der Waals surface area contributed by atoms with E-state index in [-0.39, 0.29) is 24.0 Å². The first-order valence-electron chi connectivity index (χ1n) is 7.57. The Labute approximate surface area is 149 Å². The topological polar surface area (TPSA) is 68.9 Å². The lowest BCUT2D eigenvalue weighted by atomic mass is 10.1. The molecule has 0 spiro atoms. The Morgan fingerprint density at radius 1 is 1.27 bits per heavy atom. The van der Waals surface area contributed by atoms with Gasteiger partial charge in [0, 0.05) is 13.0 Å². The number of halogens is 1. The molecule has 0 unspecified atom stereocenters. The highest BCUT2D eigenvalue weighted by Gasteiger charge is 2.10. The number of aliphatic imine (C=N–C) groups is 1. The second-order valence-electron chi connectivity index (χ2n) is 5.64. The van der Waals surface area contributed by atoms with Gasteiger partial charge in [0.2, 0.25) is 0 Å². The second kappa shape index (κ2) is 9.76. The maximum absolute atomic E-state index is 5.85. The SMILES string of the molecule is CC(C)CCNC(N)=NCc1ccc2c(c1)OCCCO2.I. The van der Waals surface area contributed by atoms with Crippen molar-refractivity contribution in [2.24, 2.45) is 16.6 Å². The summed E-state index contributed by atoms with van der Waals surface area (Å²) in [6.07, 6.45) is 2.00. The van der Waals surface area contributed by atoms with Crippen LogP contribution in [0.2, 0.25) is 0 Å². The Balaban J connectivity index is 0.00000242. The molecule has 1 heterocycles. The summed E-state index contributed by atoms with van der Waals surface area (Å²) in [7, 11) is 0. The highest BCUT2D eigenvalue weighted by molar-refractivity contribution is 14.0. The fourth-order valence-electron chi connectivity index (χ4n) is 2.03. The van der Waals surface area contributed by atoms with Crippen molar-refractivity contribution in [3.05, 3.63) is 23.8 Å². The number of nitrogens with zero attached hydrogens (tertiary/aromatic N) is 1. The van der Waals surface area contributed by atoms with Gasteiger partial charge < -0.3 is 20.5 Å². The molecule has 6 heteroatoms. The first kappa shape index (κ1) is 18.9. The van der Waals surface area contributed by atoms with Crippen LogP contribution in [0.4, 0.5) is 0 Å². The first-order chi connectivity index (χ1) is 10.1. The van der Waals surface area contributed by atoms with Gasteiger partial charge in [-0.1, -0.05) is 19.9 Å². The molecule has 2 rings (SSSR count). The van der Waals surface area contributed by atoms with Gasteiger partial charge in [-0.05, 0) is 30.0 Å². The summed E-state index contributed by atoms with van der Waals surface area (Å²) in [5, 5.41) is 3.13. The van der Waals surface area contributed by atoms with Crippen molar-refractivity contribution in [2.45, 2.75) is 33.2 Å². The minimum atomic E-state index is 0. The van der Waals surface area contributed by atoms with Crippen LogP contribution in [0.1, 0.15) is 32.3 Å². The van der Waals surface area contributed by atoms with Gasteiger partial charge in [-0.2, -0.15) is 0 Å². The monoisotopic (exact) mass is 419 g/mol. The van der Waals surface area contributed by atoms with Crippen LogP contribution in [0.3, 0.4) is 0 Å². The summed E-state index contributed by atoms with van der Waals surface area (Å²) in [6.45, 7) is 7.17. The third-order valence-electron chi connectivity index (χ3n) is 3.27. The van der Waals surface area contributed by atoms with E-state index in [2.05, 4.69) is 24.2 Å². The molecule has 1 aliphatic rings. The fraction of sp³-hybridized carbons (Fsp3) is 0.562. The summed E-state index contributed by atoms with van der Waals surface area (Å²) < 4.78 is 11.3. The van der Waals surface area contributed by atoms with Crippen molar-refractivity contribution in [1.29, 1.82) is 0 Å². The molecule has 0 fully saturated rings. The minimum absolute atomic E-state index is 0. The molecule has 0 saturated carbocycles. The van der Waals surface area contributed by atoms with Gasteiger partial charge in [0.25, 0.3) is 0 Å². The lowest BCUT2D eigenvalue weighted by Crippen LogP contribution is -2.32. The number of benzene rings is 1. The molecule has 1 aliphatic heterocycles. The van der Waals surface area contributed by atoms with Crippen molar-refractivity contribution < 1.29 is 9.47 Å². The van der Waals surface area contributed by atoms with Crippen molar-refractivity contribution in [2.75, 3.05) is 19.8 Å². The summed E-state index contributed by atoms with van der Waals surface area (Å²) >= 11 is 0. The largest absolute Gasteiger partial charge is 0.490 e. The van der Waals surface area contributed by atoms with Gasteiger partial charge in [0.1, 0.15) is 0 Å². The Bertz CT molecular complexity index is 492. The number of ether oxygens (including phenoxy) is 2. The first-order valence-corrected chi connectivity index (χ1v) is 7.57. The smallest absolute Gasteiger partial charge is 0.188 e. The van der Waals surface area contributed by atoms with E-state index in [1.54, 1.807) is 0 Å². The van der Waals surface area contributed by atoms with Crippen molar-refractivity contribution in [1.82, 2.24) is 5.32 Å². The highest BCUT2D eigenvalue weighted by atomic mass is 127. The predicted molar refractivity (Wildman–Crippen MR) is 100 cm³/mol. The average molecular weight is 419 g/mol. The van der Waals surface area contributed by atoms with Crippen LogP contribution in [-0.4, -0.2) is 25.7 Å². The van der Waals surface area contributed by atoms with E-state index in [0.29, 0.717) is 31.6 Å². The highest BCUT2D eigenvalue weighted by Crippen LogP contribution is 2.30. The quantitative estimate of drug-likeness (QED) is 0.438. The standard InChI is InChI=1S/C16H25N3O2.HI/c1-12(2)6-7-18-16(17)19-11-13-4-5-14-15(10-13)21-9-3-8-20-14;/h4-5,10,12H,3,6-9,11H2,1-2H3,(H3,17,18,19);1H. The fourth-order valence-corrected chi connectivity index (χ4v) is 2.03. The molecular weight excluding hydrogens is 393 g/mol. The Hall–Kier alpha value is -1.18. The maximum atomic E-state index is 5.85. The number of hydrogen-bond donors (Lipinski definition) is 2. The third-order valence-corrected chi connectivity index (χ3v) is 3.27. The molecule has 1 aromatic carbocycles. The van der Waals surface area contributed by atoms with Crippen LogP contribution in [0, 0.1) is 5.92 Å². The van der Waals surface area contributed by atoms with Crippen molar-refractivity contribution in [3.8, 4) is 11.5 Å². The molecule has 124 valence electrons. The molecule has 0 aliphatic carbocycles. The van der Waals surface area contributed by atoms with Crippen molar-refractivity contribution in [3.63, 3.8) is 0 Å². The number of guanidine groups is 1. The zero-order valence-electron chi connectivity index (χ0n) is 13.3. The van der Waals surface area contributed by atoms with E-state index in [9.17, 15) is 0 Å². The van der Waals surface area contributed by atoms with Crippen LogP contribution in [0.5, 0.6) is 11.5 Å². The number of rotatable bonds is 5. The van der Waals surface area contributed by atoms with Crippen LogP contribution in [-0.2, 0) is 6.54 Å². The van der Waals surface area contributed by atoms with Crippen LogP contribution in [0.25, 0.3) is 0 Å². The number of hydrogen-bond acceptors (Lipinski definition) is 3. The van der Waals surface area contributed by atoms with E-state index < -0.39 is 0 Å². The normalized spacial score (nSPS) is 14.2. The molecule has 1 aromatic rings. The van der Waals surface area contributed by atoms with Crippen LogP contribution < -0.4 is 20.5 Å². The lowest BCUT2D eigenvalue weighted by molar-refractivity contribution is 0.297. The van der Waals surface area contributed by atoms with E-state index in [0.717, 1.165) is 36.4 Å². The van der Waals surface area contributed by atoms with Gasteiger partial charge in [0.15, 0.2) is 17.5 Å². The summed E-state index contributed by atoms with van der Waals surface area (Å²) in [5.41, 5.74) is 6.92. The molecule has 0 saturated heterocycles. The molecule has 0 atom stereocenters. The minimum Gasteiger partial charge on any atom is -0.490 e. The Morgan fingerprint density at radius 2 is 2.00 bits per heavy atom. The van der Waals surface area contributed by atoms with Gasteiger partial charge in [-0.3, -0.25) is 0 Å². The van der Waals surface area contributed by atoms with E-state index in [1.807, 2.05) is 18.2 Å². The van der Waals surface area contributed by atoms with Gasteiger partial charge in [-0.25, -0.2) is 4.99 Å². The second-order valence-corrected chi connectivity index (χ2v) is 5.64. The van der Waals surface area contributed by atoms with Gasteiger partial charge in [0.05, 0.1) is 19.8 Å². The summed E-state index contributed by atoms with van der Waals surface area (Å²) in [4.78, 5) is 4.35. The molecule has 0 radical (unpaired) electrons. The zero-order valence-corrected chi connectivity index (χ0v) is 15.6. The third kappa shape index (κ3) is 6.29. The van der Waals surface area contributed by atoms with Gasteiger partial charge >= 0.3 is 0 Å². The Morgan fingerprint density at radius 3 is 2.73 bits per heavy atom. The number of nitrogens with two attached hydrogens (primary N) is 1. The van der Waals surface area contributed by atoms with E-state index >= 15 is 0 Å². The molecule has 3 N–H and O–H groups in total. The maximum Gasteiger partial charge on any atom is 0.188 e. The van der Waals surface area contributed by atoms with Crippen molar-refractivity contribution >= 4 is 29.9 Å². The number of nitrogens with one attached hydrogen (secondary N) is 1. The molecule has 0 bridgehead atoms. The van der Waals surface area contributed by atoms with Crippen LogP contribution >= 0.6 is 24.0 Å². The van der Waals surface area contributed by atoms with E-state index in [1.165, 1.54) is 0 Å². The summed E-state index contributed by atoms with van der Waals surface area (Å²) in [5.74, 6) is 2.75. The van der Waals surface area contributed by atoms with E-state index in [4.69, 9.17) is 15.2 Å². The molecule has 5 nitrogen and oxygen atoms in total. The lowest BCUT2D eigenvalue weighted by Gasteiger charge is -2.09. The molecule has 22 heavy (non-hydrogen) atoms. The number of fused-ring (bicyclic) bond motifs is 1. The Kier molecular flexibility index (Phi) is 8.37. The van der Waals surface area contributed by atoms with Crippen LogP contribution in [0.15, 0.2) is 23.2 Å². The zero-order chi connectivity index (χ0) is 15.1. The average Bonchev–Trinajstić information content (AvgIpc) is 2.69. The molecule has 0 amide bonds. The predicted octanol–water partition coefficient (Wildman–Crippen LogP) is 2.92.